The van der Waals surface area contributed by atoms with Crippen LogP contribution in [0.4, 0.5) is 0 Å². The number of hydrogen-bond donors (Lipinski definition) is 1. The van der Waals surface area contributed by atoms with Crippen LogP contribution >= 0.6 is 15.9 Å². The molecule has 1 heterocycles. The molecule has 0 radical (unpaired) electrons. The van der Waals surface area contributed by atoms with Crippen molar-refractivity contribution in [1.82, 2.24) is 0 Å². The fourth-order valence-corrected chi connectivity index (χ4v) is 2.67. The van der Waals surface area contributed by atoms with Crippen molar-refractivity contribution in [3.05, 3.63) is 34.0 Å². The molecule has 1 atom stereocenters. The number of carbonyl (C=O) groups excluding carboxylic acids is 1. The average Bonchev–Trinajstić information content (AvgIpc) is 2.79. The number of fused-ring (bicyclic) bond motifs is 1. The smallest absolute Gasteiger partial charge is 0.323 e. The Labute approximate surface area is 126 Å². The summed E-state index contributed by atoms with van der Waals surface area (Å²) in [6.07, 6.45) is 1.22. The number of nitrogens with two attached hydrogens (primary N) is 1. The first-order chi connectivity index (χ1) is 9.55. The van der Waals surface area contributed by atoms with E-state index in [1.165, 1.54) is 0 Å². The highest BCUT2D eigenvalue weighted by Gasteiger charge is 2.18. The fraction of sp³-hybridized carbons (Fsp3) is 0.400. The van der Waals surface area contributed by atoms with Crippen molar-refractivity contribution in [2.24, 2.45) is 5.73 Å². The van der Waals surface area contributed by atoms with E-state index in [2.05, 4.69) is 22.9 Å². The van der Waals surface area contributed by atoms with Crippen LogP contribution in [0.5, 0.6) is 0 Å². The van der Waals surface area contributed by atoms with Crippen LogP contribution in [0.25, 0.3) is 11.0 Å². The van der Waals surface area contributed by atoms with Crippen LogP contribution < -0.4 is 5.73 Å². The van der Waals surface area contributed by atoms with E-state index in [9.17, 15) is 4.79 Å². The van der Waals surface area contributed by atoms with Crippen LogP contribution in [0.2, 0.25) is 0 Å². The van der Waals surface area contributed by atoms with Crippen LogP contribution in [-0.4, -0.2) is 18.6 Å². The third-order valence-electron chi connectivity index (χ3n) is 3.10. The predicted molar refractivity (Wildman–Crippen MR) is 81.6 cm³/mol. The van der Waals surface area contributed by atoms with Gasteiger partial charge < -0.3 is 14.9 Å². The summed E-state index contributed by atoms with van der Waals surface area (Å²) in [6, 6.07) is 5.28. The second-order valence-electron chi connectivity index (χ2n) is 4.61. The molecule has 2 aromatic rings. The molecule has 2 rings (SSSR count). The standard InChI is InChI=1S/C15H18BrNO3/c1-3-9-5-11(16)6-10-7-12(20-14(9)10)8-13(17)15(18)19-4-2/h5-7,13H,3-4,8,17H2,1-2H3. The molecule has 0 saturated heterocycles. The molecule has 5 heteroatoms. The van der Waals surface area contributed by atoms with Crippen molar-refractivity contribution in [3.63, 3.8) is 0 Å². The van der Waals surface area contributed by atoms with E-state index in [0.29, 0.717) is 18.8 Å². The molecule has 4 nitrogen and oxygen atoms in total. The second kappa shape index (κ2) is 6.41. The number of rotatable bonds is 5. The van der Waals surface area contributed by atoms with Gasteiger partial charge in [-0.3, -0.25) is 4.79 Å². The van der Waals surface area contributed by atoms with Crippen molar-refractivity contribution >= 4 is 32.9 Å². The van der Waals surface area contributed by atoms with E-state index in [1.807, 2.05) is 18.2 Å². The summed E-state index contributed by atoms with van der Waals surface area (Å²) in [7, 11) is 0. The van der Waals surface area contributed by atoms with Crippen molar-refractivity contribution in [2.75, 3.05) is 6.61 Å². The van der Waals surface area contributed by atoms with Gasteiger partial charge in [0.2, 0.25) is 0 Å². The van der Waals surface area contributed by atoms with Crippen LogP contribution in [0, 0.1) is 0 Å². The number of benzene rings is 1. The molecule has 2 N–H and O–H groups in total. The lowest BCUT2D eigenvalue weighted by Gasteiger charge is -2.08. The predicted octanol–water partition coefficient (Wildman–Crippen LogP) is 3.19. The van der Waals surface area contributed by atoms with Gasteiger partial charge >= 0.3 is 5.97 Å². The van der Waals surface area contributed by atoms with E-state index in [4.69, 9.17) is 14.9 Å². The fourth-order valence-electron chi connectivity index (χ4n) is 2.15. The minimum Gasteiger partial charge on any atom is -0.465 e. The molecule has 0 bridgehead atoms. The van der Waals surface area contributed by atoms with Gasteiger partial charge in [-0.2, -0.15) is 0 Å². The number of furan rings is 1. The van der Waals surface area contributed by atoms with Gasteiger partial charge in [0.25, 0.3) is 0 Å². The normalized spacial score (nSPS) is 12.6. The molecule has 1 aromatic heterocycles. The van der Waals surface area contributed by atoms with Crippen molar-refractivity contribution < 1.29 is 13.9 Å². The van der Waals surface area contributed by atoms with Crippen LogP contribution in [0.15, 0.2) is 27.1 Å². The maximum absolute atomic E-state index is 11.5. The van der Waals surface area contributed by atoms with E-state index >= 15 is 0 Å². The number of ether oxygens (including phenoxy) is 1. The topological polar surface area (TPSA) is 65.5 Å². The van der Waals surface area contributed by atoms with Gasteiger partial charge in [0, 0.05) is 16.3 Å². The van der Waals surface area contributed by atoms with E-state index < -0.39 is 12.0 Å². The number of hydrogen-bond acceptors (Lipinski definition) is 4. The van der Waals surface area contributed by atoms with Crippen LogP contribution in [0.1, 0.15) is 25.2 Å². The molecule has 0 spiro atoms. The number of carbonyl (C=O) groups is 1. The lowest BCUT2D eigenvalue weighted by molar-refractivity contribution is -0.144. The molecule has 0 fully saturated rings. The van der Waals surface area contributed by atoms with Crippen LogP contribution in [-0.2, 0) is 22.4 Å². The maximum atomic E-state index is 11.5. The third-order valence-corrected chi connectivity index (χ3v) is 3.56. The van der Waals surface area contributed by atoms with Crippen molar-refractivity contribution in [1.29, 1.82) is 0 Å². The minimum absolute atomic E-state index is 0.333. The lowest BCUT2D eigenvalue weighted by atomic mass is 10.1. The minimum atomic E-state index is -0.691. The molecule has 0 amide bonds. The molecule has 0 aliphatic rings. The first-order valence-electron chi connectivity index (χ1n) is 6.68. The van der Waals surface area contributed by atoms with Gasteiger partial charge in [-0.25, -0.2) is 0 Å². The molecular weight excluding hydrogens is 322 g/mol. The summed E-state index contributed by atoms with van der Waals surface area (Å²) in [5.74, 6) is 0.304. The number of halogens is 1. The first-order valence-corrected chi connectivity index (χ1v) is 7.47. The molecule has 0 aliphatic heterocycles. The molecule has 0 saturated carbocycles. The summed E-state index contributed by atoms with van der Waals surface area (Å²) >= 11 is 3.49. The van der Waals surface area contributed by atoms with Gasteiger partial charge in [-0.1, -0.05) is 22.9 Å². The highest BCUT2D eigenvalue weighted by Crippen LogP contribution is 2.28. The molecule has 1 unspecified atom stereocenters. The maximum Gasteiger partial charge on any atom is 0.323 e. The van der Waals surface area contributed by atoms with E-state index in [0.717, 1.165) is 27.4 Å². The van der Waals surface area contributed by atoms with Gasteiger partial charge in [0.05, 0.1) is 6.61 Å². The molecule has 108 valence electrons. The van der Waals surface area contributed by atoms with E-state index in [1.54, 1.807) is 6.92 Å². The average molecular weight is 340 g/mol. The Morgan fingerprint density at radius 3 is 2.80 bits per heavy atom. The molecule has 1 aromatic carbocycles. The van der Waals surface area contributed by atoms with Crippen molar-refractivity contribution in [3.8, 4) is 0 Å². The Bertz CT molecular complexity index is 621. The zero-order valence-corrected chi connectivity index (χ0v) is 13.2. The zero-order valence-electron chi connectivity index (χ0n) is 11.6. The van der Waals surface area contributed by atoms with Crippen LogP contribution in [0.3, 0.4) is 0 Å². The SMILES string of the molecule is CCOC(=O)C(N)Cc1cc2cc(Br)cc(CC)c2o1. The quantitative estimate of drug-likeness (QED) is 0.849. The molecular formula is C15H18BrNO3. The summed E-state index contributed by atoms with van der Waals surface area (Å²) in [4.78, 5) is 11.5. The molecule has 0 aliphatic carbocycles. The summed E-state index contributed by atoms with van der Waals surface area (Å²) < 4.78 is 11.8. The Morgan fingerprint density at radius 1 is 1.40 bits per heavy atom. The van der Waals surface area contributed by atoms with Gasteiger partial charge in [0.1, 0.15) is 17.4 Å². The highest BCUT2D eigenvalue weighted by molar-refractivity contribution is 9.10. The van der Waals surface area contributed by atoms with E-state index in [-0.39, 0.29) is 0 Å². The summed E-state index contributed by atoms with van der Waals surface area (Å²) in [5.41, 5.74) is 7.81. The summed E-state index contributed by atoms with van der Waals surface area (Å²) in [5, 5.41) is 1.02. The monoisotopic (exact) mass is 339 g/mol. The Morgan fingerprint density at radius 2 is 2.15 bits per heavy atom. The Hall–Kier alpha value is -1.33. The van der Waals surface area contributed by atoms with Gasteiger partial charge in [-0.15, -0.1) is 0 Å². The summed E-state index contributed by atoms with van der Waals surface area (Å²) in [6.45, 7) is 4.17. The van der Waals surface area contributed by atoms with Gasteiger partial charge in [-0.05, 0) is 37.1 Å². The van der Waals surface area contributed by atoms with Crippen molar-refractivity contribution in [2.45, 2.75) is 32.7 Å². The largest absolute Gasteiger partial charge is 0.465 e. The lowest BCUT2D eigenvalue weighted by Crippen LogP contribution is -2.34. The Balaban J connectivity index is 2.26. The second-order valence-corrected chi connectivity index (χ2v) is 5.53. The molecule has 20 heavy (non-hydrogen) atoms. The zero-order chi connectivity index (χ0) is 14.7. The first kappa shape index (κ1) is 15.1. The number of esters is 1. The number of aryl methyl sites for hydroxylation is 1. The Kier molecular flexibility index (Phi) is 4.83. The third kappa shape index (κ3) is 3.22. The highest BCUT2D eigenvalue weighted by atomic mass is 79.9. The van der Waals surface area contributed by atoms with Gasteiger partial charge in [0.15, 0.2) is 0 Å².